The summed E-state index contributed by atoms with van der Waals surface area (Å²) in [5, 5.41) is 19.5. The van der Waals surface area contributed by atoms with Crippen molar-refractivity contribution in [1.82, 2.24) is 15.1 Å². The molecule has 1 aliphatic carbocycles. The molecule has 2 heterocycles. The van der Waals surface area contributed by atoms with Crippen molar-refractivity contribution in [3.63, 3.8) is 0 Å². The summed E-state index contributed by atoms with van der Waals surface area (Å²) in [6.07, 6.45) is -1.88. The molecule has 5 rings (SSSR count). The molecule has 3 aromatic rings. The minimum atomic E-state index is -4.47. The molecular formula is C27H24F3N5O5S. The van der Waals surface area contributed by atoms with E-state index in [9.17, 15) is 36.4 Å². The highest BCUT2D eigenvalue weighted by atomic mass is 32.2. The number of amides is 2. The standard InChI is InChI=1S/C27H24F3N5O5S/c1-41(38,39)14-22(36)32-24-23-21(34-35(24)18-4-2-3-16(11-18)13-31)8-10-26(33-25(23)37)9-7-17-12-19(5-6-20(17)26)40-15-27(28,29)30/h2-6,11-12H,7-10,14-15H2,1H3,(H,32,36)(H,33,37)/t26-/m0/s1. The number of carbonyl (C=O) groups excluding carboxylic acids is 2. The Bertz CT molecular complexity index is 1710. The molecule has 2 aliphatic rings. The van der Waals surface area contributed by atoms with Gasteiger partial charge in [0.05, 0.1) is 28.6 Å². The van der Waals surface area contributed by atoms with Crippen LogP contribution in [0.5, 0.6) is 5.75 Å². The Morgan fingerprint density at radius 1 is 1.22 bits per heavy atom. The summed E-state index contributed by atoms with van der Waals surface area (Å²) in [6, 6.07) is 13.0. The minimum absolute atomic E-state index is 0.0348. The van der Waals surface area contributed by atoms with Crippen LogP contribution in [0.15, 0.2) is 42.5 Å². The average molecular weight is 588 g/mol. The Hall–Kier alpha value is -4.38. The summed E-state index contributed by atoms with van der Waals surface area (Å²) in [4.78, 5) is 26.4. The van der Waals surface area contributed by atoms with E-state index in [1.54, 1.807) is 30.3 Å². The lowest BCUT2D eigenvalue weighted by Gasteiger charge is -2.30. The zero-order chi connectivity index (χ0) is 29.6. The first-order valence-corrected chi connectivity index (χ1v) is 14.6. The Balaban J connectivity index is 1.50. The number of nitriles is 1. The molecule has 0 fully saturated rings. The van der Waals surface area contributed by atoms with Gasteiger partial charge in [0.15, 0.2) is 16.4 Å². The van der Waals surface area contributed by atoms with Gasteiger partial charge >= 0.3 is 6.18 Å². The highest BCUT2D eigenvalue weighted by molar-refractivity contribution is 7.91. The SMILES string of the molecule is CS(=O)(=O)CC(=O)Nc1c2c(nn1-c1cccc(C#N)c1)CC[C@]1(CCc3cc(OCC(F)(F)F)ccc31)NC2=O. The monoisotopic (exact) mass is 587 g/mol. The number of hydrogen-bond acceptors (Lipinski definition) is 7. The van der Waals surface area contributed by atoms with Crippen molar-refractivity contribution < 1.29 is 35.9 Å². The van der Waals surface area contributed by atoms with Crippen molar-refractivity contribution in [2.24, 2.45) is 0 Å². The number of nitrogens with one attached hydrogen (secondary N) is 2. The highest BCUT2D eigenvalue weighted by Crippen LogP contribution is 2.44. The van der Waals surface area contributed by atoms with Crippen LogP contribution >= 0.6 is 0 Å². The molecule has 1 aliphatic heterocycles. The van der Waals surface area contributed by atoms with Crippen molar-refractivity contribution >= 4 is 27.5 Å². The van der Waals surface area contributed by atoms with Crippen LogP contribution in [-0.2, 0) is 33.0 Å². The smallest absolute Gasteiger partial charge is 0.422 e. The summed E-state index contributed by atoms with van der Waals surface area (Å²) >= 11 is 0. The van der Waals surface area contributed by atoms with E-state index in [2.05, 4.69) is 15.7 Å². The number of ether oxygens (including phenoxy) is 1. The number of aryl methyl sites for hydroxylation is 2. The molecule has 214 valence electrons. The van der Waals surface area contributed by atoms with Crippen LogP contribution in [0.3, 0.4) is 0 Å². The largest absolute Gasteiger partial charge is 0.484 e. The van der Waals surface area contributed by atoms with Crippen LogP contribution in [0.25, 0.3) is 5.69 Å². The third-order valence-electron chi connectivity index (χ3n) is 7.01. The number of hydrogen-bond donors (Lipinski definition) is 2. The average Bonchev–Trinajstić information content (AvgIpc) is 3.38. The number of nitrogens with zero attached hydrogens (tertiary/aromatic N) is 3. The molecular weight excluding hydrogens is 563 g/mol. The van der Waals surface area contributed by atoms with E-state index >= 15 is 0 Å². The molecule has 1 aromatic heterocycles. The molecule has 14 heteroatoms. The lowest BCUT2D eigenvalue weighted by atomic mass is 9.87. The molecule has 2 N–H and O–H groups in total. The Morgan fingerprint density at radius 3 is 2.68 bits per heavy atom. The highest BCUT2D eigenvalue weighted by Gasteiger charge is 2.44. The fourth-order valence-corrected chi connectivity index (χ4v) is 5.89. The van der Waals surface area contributed by atoms with Gasteiger partial charge in [0, 0.05) is 6.26 Å². The topological polar surface area (TPSA) is 143 Å². The molecule has 1 spiro atoms. The number of sulfone groups is 1. The quantitative estimate of drug-likeness (QED) is 0.451. The van der Waals surface area contributed by atoms with Crippen LogP contribution in [0.2, 0.25) is 0 Å². The number of anilines is 1. The number of benzene rings is 2. The summed E-state index contributed by atoms with van der Waals surface area (Å²) in [5.41, 5.74) is 1.79. The lowest BCUT2D eigenvalue weighted by Crippen LogP contribution is -2.43. The van der Waals surface area contributed by atoms with E-state index in [0.29, 0.717) is 42.6 Å². The van der Waals surface area contributed by atoms with Gasteiger partial charge in [-0.3, -0.25) is 9.59 Å². The van der Waals surface area contributed by atoms with Crippen molar-refractivity contribution in [2.75, 3.05) is 23.9 Å². The Labute approximate surface area is 233 Å². The van der Waals surface area contributed by atoms with Crippen LogP contribution in [-0.4, -0.2) is 54.8 Å². The van der Waals surface area contributed by atoms with E-state index < -0.39 is 45.7 Å². The van der Waals surface area contributed by atoms with Gasteiger partial charge in [-0.15, -0.1) is 0 Å². The fourth-order valence-electron chi connectivity index (χ4n) is 5.34. The van der Waals surface area contributed by atoms with Gasteiger partial charge in [0.1, 0.15) is 22.9 Å². The summed E-state index contributed by atoms with van der Waals surface area (Å²) in [7, 11) is -3.68. The van der Waals surface area contributed by atoms with E-state index in [4.69, 9.17) is 4.74 Å². The molecule has 1 atom stereocenters. The van der Waals surface area contributed by atoms with Gasteiger partial charge in [0.2, 0.25) is 5.91 Å². The minimum Gasteiger partial charge on any atom is -0.484 e. The van der Waals surface area contributed by atoms with E-state index in [1.165, 1.54) is 16.8 Å². The molecule has 10 nitrogen and oxygen atoms in total. The van der Waals surface area contributed by atoms with Crippen LogP contribution in [0.4, 0.5) is 19.0 Å². The third kappa shape index (κ3) is 5.90. The molecule has 0 radical (unpaired) electrons. The molecule has 41 heavy (non-hydrogen) atoms. The second kappa shape index (κ2) is 10.2. The van der Waals surface area contributed by atoms with Crippen LogP contribution < -0.4 is 15.4 Å². The maximum absolute atomic E-state index is 13.8. The second-order valence-corrected chi connectivity index (χ2v) is 12.3. The second-order valence-electron chi connectivity index (χ2n) is 10.1. The summed E-state index contributed by atoms with van der Waals surface area (Å²) in [5.74, 6) is -2.19. The zero-order valence-corrected chi connectivity index (χ0v) is 22.5. The van der Waals surface area contributed by atoms with Crippen molar-refractivity contribution in [3.8, 4) is 17.5 Å². The van der Waals surface area contributed by atoms with Crippen LogP contribution in [0.1, 0.15) is 45.6 Å². The molecule has 0 saturated carbocycles. The van der Waals surface area contributed by atoms with Gasteiger partial charge < -0.3 is 15.4 Å². The third-order valence-corrected chi connectivity index (χ3v) is 7.80. The van der Waals surface area contributed by atoms with Crippen LogP contribution in [0, 0.1) is 11.3 Å². The van der Waals surface area contributed by atoms with E-state index in [1.807, 2.05) is 6.07 Å². The van der Waals surface area contributed by atoms with E-state index in [0.717, 1.165) is 17.4 Å². The maximum atomic E-state index is 13.8. The van der Waals surface area contributed by atoms with Gasteiger partial charge in [-0.05, 0) is 67.1 Å². The summed E-state index contributed by atoms with van der Waals surface area (Å²) < 4.78 is 67.5. The van der Waals surface area contributed by atoms with Crippen molar-refractivity contribution in [3.05, 3.63) is 70.4 Å². The normalized spacial score (nSPS) is 18.2. The predicted octanol–water partition coefficient (Wildman–Crippen LogP) is 3.19. The van der Waals surface area contributed by atoms with Gasteiger partial charge in [-0.25, -0.2) is 13.1 Å². The van der Waals surface area contributed by atoms with Gasteiger partial charge in [-0.1, -0.05) is 12.1 Å². The number of alkyl halides is 3. The zero-order valence-electron chi connectivity index (χ0n) is 21.7. The molecule has 2 amide bonds. The Morgan fingerprint density at radius 2 is 1.98 bits per heavy atom. The number of carbonyl (C=O) groups is 2. The first-order chi connectivity index (χ1) is 19.3. The number of rotatable bonds is 6. The number of fused-ring (bicyclic) bond motifs is 3. The molecule has 2 aromatic carbocycles. The lowest BCUT2D eigenvalue weighted by molar-refractivity contribution is -0.153. The van der Waals surface area contributed by atoms with E-state index in [-0.39, 0.29) is 17.1 Å². The van der Waals surface area contributed by atoms with Crippen molar-refractivity contribution in [2.45, 2.75) is 37.4 Å². The number of halogens is 3. The number of aromatic nitrogens is 2. The van der Waals surface area contributed by atoms with Gasteiger partial charge in [0.25, 0.3) is 5.91 Å². The van der Waals surface area contributed by atoms with Crippen molar-refractivity contribution in [1.29, 1.82) is 5.26 Å². The molecule has 0 unspecified atom stereocenters. The first kappa shape index (κ1) is 28.2. The molecule has 0 bridgehead atoms. The fraction of sp³-hybridized carbons (Fsp3) is 0.333. The van der Waals surface area contributed by atoms with Gasteiger partial charge in [-0.2, -0.15) is 23.5 Å². The summed E-state index contributed by atoms with van der Waals surface area (Å²) in [6.45, 7) is -1.41. The first-order valence-electron chi connectivity index (χ1n) is 12.5. The molecule has 0 saturated heterocycles. The maximum Gasteiger partial charge on any atom is 0.422 e. The Kier molecular flexibility index (Phi) is 7.02. The predicted molar refractivity (Wildman–Crippen MR) is 140 cm³/mol.